The van der Waals surface area contributed by atoms with Gasteiger partial charge in [0.15, 0.2) is 0 Å². The van der Waals surface area contributed by atoms with Gasteiger partial charge in [-0.2, -0.15) is 0 Å². The zero-order valence-electron chi connectivity index (χ0n) is 19.6. The Bertz CT molecular complexity index is 1300. The number of rotatable bonds is 4. The van der Waals surface area contributed by atoms with Crippen molar-refractivity contribution < 1.29 is 23.9 Å². The van der Waals surface area contributed by atoms with Gasteiger partial charge in [0, 0.05) is 18.0 Å². The van der Waals surface area contributed by atoms with Crippen LogP contribution < -0.4 is 14.5 Å². The van der Waals surface area contributed by atoms with Crippen LogP contribution in [0.15, 0.2) is 36.4 Å². The van der Waals surface area contributed by atoms with Crippen LogP contribution in [0.5, 0.6) is 5.75 Å². The quantitative estimate of drug-likeness (QED) is 0.324. The van der Waals surface area contributed by atoms with Crippen LogP contribution in [0.2, 0.25) is 10.0 Å². The molecular formula is C27H24Cl2N2O5. The number of hydrogen-bond donors (Lipinski definition) is 0. The van der Waals surface area contributed by atoms with Crippen LogP contribution in [0.3, 0.4) is 0 Å². The highest BCUT2D eigenvalue weighted by molar-refractivity contribution is 6.36. The summed E-state index contributed by atoms with van der Waals surface area (Å²) in [6.07, 6.45) is 3.04. The molecule has 4 fully saturated rings. The largest absolute Gasteiger partial charge is 0.426 e. The molecule has 0 spiro atoms. The minimum absolute atomic E-state index is 0.000628. The maximum Gasteiger partial charge on any atom is 0.316 e. The van der Waals surface area contributed by atoms with Gasteiger partial charge < -0.3 is 9.64 Å². The van der Waals surface area contributed by atoms with Gasteiger partial charge in [-0.05, 0) is 80.0 Å². The Morgan fingerprint density at radius 2 is 1.64 bits per heavy atom. The summed E-state index contributed by atoms with van der Waals surface area (Å²) in [6.45, 7) is 1.93. The number of amides is 3. The van der Waals surface area contributed by atoms with E-state index < -0.39 is 11.9 Å². The van der Waals surface area contributed by atoms with Gasteiger partial charge >= 0.3 is 5.97 Å². The third kappa shape index (κ3) is 3.63. The van der Waals surface area contributed by atoms with Gasteiger partial charge in [-0.15, -0.1) is 0 Å². The Morgan fingerprint density at radius 3 is 2.31 bits per heavy atom. The SMILES string of the molecule is Cc1cc(OC(=O)[C@H]2CC(=O)N(c3cc(Cl)ccc3Cl)C2)ccc1N1C(=O)[C@@H]2[C@H]3CC[C@@H](C3)[C@@H]2C1=O. The molecule has 7 nitrogen and oxygen atoms in total. The Morgan fingerprint density at radius 1 is 0.944 bits per heavy atom. The molecule has 0 unspecified atom stereocenters. The maximum atomic E-state index is 13.2. The normalized spacial score (nSPS) is 28.9. The fourth-order valence-corrected chi connectivity index (χ4v) is 6.96. The van der Waals surface area contributed by atoms with Crippen molar-refractivity contribution in [3.63, 3.8) is 0 Å². The maximum absolute atomic E-state index is 13.2. The van der Waals surface area contributed by atoms with Gasteiger partial charge in [0.2, 0.25) is 17.7 Å². The average Bonchev–Trinajstić information content (AvgIpc) is 3.60. The van der Waals surface area contributed by atoms with Crippen LogP contribution in [0.1, 0.15) is 31.2 Å². The lowest BCUT2D eigenvalue weighted by Gasteiger charge is -2.20. The summed E-state index contributed by atoms with van der Waals surface area (Å²) < 4.78 is 5.59. The van der Waals surface area contributed by atoms with Gasteiger partial charge in [-0.3, -0.25) is 19.2 Å². The summed E-state index contributed by atoms with van der Waals surface area (Å²) in [7, 11) is 0. The second-order valence-electron chi connectivity index (χ2n) is 10.3. The second kappa shape index (κ2) is 8.60. The van der Waals surface area contributed by atoms with Crippen LogP contribution in [0.4, 0.5) is 11.4 Å². The first kappa shape index (κ1) is 23.5. The van der Waals surface area contributed by atoms with E-state index in [0.29, 0.717) is 44.6 Å². The molecule has 2 aliphatic heterocycles. The molecule has 36 heavy (non-hydrogen) atoms. The third-order valence-electron chi connectivity index (χ3n) is 8.21. The second-order valence-corrected chi connectivity index (χ2v) is 11.1. The van der Waals surface area contributed by atoms with Gasteiger partial charge in [-0.25, -0.2) is 4.90 Å². The molecule has 2 heterocycles. The van der Waals surface area contributed by atoms with E-state index in [4.69, 9.17) is 27.9 Å². The summed E-state index contributed by atoms with van der Waals surface area (Å²) in [5.74, 6) is -1.09. The van der Waals surface area contributed by atoms with Crippen LogP contribution in [-0.4, -0.2) is 30.2 Å². The van der Waals surface area contributed by atoms with E-state index in [-0.39, 0.29) is 42.5 Å². The molecule has 4 aliphatic rings. The van der Waals surface area contributed by atoms with Crippen LogP contribution in [0.25, 0.3) is 0 Å². The van der Waals surface area contributed by atoms with E-state index >= 15 is 0 Å². The van der Waals surface area contributed by atoms with Crippen molar-refractivity contribution in [1.29, 1.82) is 0 Å². The van der Waals surface area contributed by atoms with Crippen molar-refractivity contribution in [2.24, 2.45) is 29.6 Å². The van der Waals surface area contributed by atoms with Gasteiger partial charge in [0.25, 0.3) is 0 Å². The predicted octanol–water partition coefficient (Wildman–Crippen LogP) is 4.80. The van der Waals surface area contributed by atoms with Gasteiger partial charge in [-0.1, -0.05) is 23.2 Å². The van der Waals surface area contributed by atoms with E-state index in [2.05, 4.69) is 0 Å². The first-order valence-corrected chi connectivity index (χ1v) is 12.9. The molecule has 2 saturated heterocycles. The molecular weight excluding hydrogens is 503 g/mol. The number of carbonyl (C=O) groups excluding carboxylic acids is 4. The Kier molecular flexibility index (Phi) is 5.61. The van der Waals surface area contributed by atoms with Crippen molar-refractivity contribution >= 4 is 58.3 Å². The predicted molar refractivity (Wildman–Crippen MR) is 134 cm³/mol. The molecule has 2 aromatic carbocycles. The van der Waals surface area contributed by atoms with Gasteiger partial charge in [0.1, 0.15) is 5.75 Å². The molecule has 0 N–H and O–H groups in total. The summed E-state index contributed by atoms with van der Waals surface area (Å²) >= 11 is 12.3. The number of hydrogen-bond acceptors (Lipinski definition) is 5. The standard InChI is InChI=1S/C27H24Cl2N2O5/c1-13-8-18(5-7-20(13)31-25(33)23-14-2-3-15(9-14)24(23)26(31)34)36-27(35)16-10-22(32)30(12-16)21-11-17(28)4-6-19(21)29/h4-8,11,14-16,23-24H,2-3,9-10,12H2,1H3/t14-,15-,16-,23-,24+/m0/s1. The highest BCUT2D eigenvalue weighted by Crippen LogP contribution is 2.56. The molecule has 2 saturated carbocycles. The molecule has 5 atom stereocenters. The lowest BCUT2D eigenvalue weighted by molar-refractivity contribution is -0.139. The fourth-order valence-electron chi connectivity index (χ4n) is 6.58. The zero-order valence-corrected chi connectivity index (χ0v) is 21.1. The topological polar surface area (TPSA) is 84.0 Å². The Balaban J connectivity index is 1.16. The molecule has 0 aromatic heterocycles. The van der Waals surface area contributed by atoms with Crippen LogP contribution in [-0.2, 0) is 19.2 Å². The van der Waals surface area contributed by atoms with E-state index in [1.165, 1.54) is 9.80 Å². The number of ether oxygens (including phenoxy) is 1. The Labute approximate surface area is 218 Å². The van der Waals surface area contributed by atoms with Gasteiger partial charge in [0.05, 0.1) is 34.2 Å². The number of halogens is 2. The minimum Gasteiger partial charge on any atom is -0.426 e. The molecule has 2 aromatic rings. The van der Waals surface area contributed by atoms with Crippen LogP contribution >= 0.6 is 23.2 Å². The first-order chi connectivity index (χ1) is 17.2. The summed E-state index contributed by atoms with van der Waals surface area (Å²) in [5.41, 5.74) is 1.67. The van der Waals surface area contributed by atoms with Crippen molar-refractivity contribution in [2.75, 3.05) is 16.3 Å². The number of anilines is 2. The number of nitrogens with zero attached hydrogens (tertiary/aromatic N) is 2. The van der Waals surface area contributed by atoms with Crippen molar-refractivity contribution in [1.82, 2.24) is 0 Å². The van der Waals surface area contributed by atoms with Crippen LogP contribution in [0, 0.1) is 36.5 Å². The zero-order chi connectivity index (χ0) is 25.3. The Hall–Kier alpha value is -2.90. The van der Waals surface area contributed by atoms with Crippen molar-refractivity contribution in [3.8, 4) is 5.75 Å². The van der Waals surface area contributed by atoms with Crippen molar-refractivity contribution in [2.45, 2.75) is 32.6 Å². The fraction of sp³-hybridized carbons (Fsp3) is 0.407. The average molecular weight is 527 g/mol. The minimum atomic E-state index is -0.663. The number of fused-ring (bicyclic) bond motifs is 5. The lowest BCUT2D eigenvalue weighted by Crippen LogP contribution is -2.33. The molecule has 9 heteroatoms. The molecule has 6 rings (SSSR count). The summed E-state index contributed by atoms with van der Waals surface area (Å²) in [4.78, 5) is 54.6. The van der Waals surface area contributed by atoms with E-state index in [1.807, 2.05) is 0 Å². The highest BCUT2D eigenvalue weighted by Gasteiger charge is 2.61. The highest BCUT2D eigenvalue weighted by atomic mass is 35.5. The molecule has 2 aliphatic carbocycles. The van der Waals surface area contributed by atoms with E-state index in [0.717, 1.165) is 19.3 Å². The third-order valence-corrected chi connectivity index (χ3v) is 8.77. The monoisotopic (exact) mass is 526 g/mol. The molecule has 2 bridgehead atoms. The number of imide groups is 1. The van der Waals surface area contributed by atoms with E-state index in [1.54, 1.807) is 43.3 Å². The summed E-state index contributed by atoms with van der Waals surface area (Å²) in [5, 5.41) is 0.811. The lowest BCUT2D eigenvalue weighted by atomic mass is 9.81. The number of carbonyl (C=O) groups is 4. The number of benzene rings is 2. The first-order valence-electron chi connectivity index (χ1n) is 12.2. The molecule has 0 radical (unpaired) electrons. The summed E-state index contributed by atoms with van der Waals surface area (Å²) in [6, 6.07) is 9.74. The van der Waals surface area contributed by atoms with E-state index in [9.17, 15) is 19.2 Å². The van der Waals surface area contributed by atoms with Crippen molar-refractivity contribution in [3.05, 3.63) is 52.0 Å². The smallest absolute Gasteiger partial charge is 0.316 e. The molecule has 186 valence electrons. The number of esters is 1. The number of aryl methyl sites for hydroxylation is 1. The molecule has 3 amide bonds.